The van der Waals surface area contributed by atoms with Gasteiger partial charge in [-0.25, -0.2) is 0 Å². The minimum Gasteiger partial charge on any atom is -0.484 e. The zero-order chi connectivity index (χ0) is 14.5. The molecule has 0 saturated carbocycles. The molecule has 106 valence electrons. The fourth-order valence-corrected chi connectivity index (χ4v) is 1.62. The molecule has 0 saturated heterocycles. The molecule has 1 aromatic rings. The molecule has 0 aliphatic heterocycles. The maximum absolute atomic E-state index is 11.6. The van der Waals surface area contributed by atoms with E-state index in [1.54, 1.807) is 19.1 Å². The van der Waals surface area contributed by atoms with E-state index in [1.165, 1.54) is 0 Å². The molecule has 0 heterocycles. The summed E-state index contributed by atoms with van der Waals surface area (Å²) in [7, 11) is 0. The molecule has 0 radical (unpaired) electrons. The van der Waals surface area contributed by atoms with Crippen molar-refractivity contribution in [3.05, 3.63) is 28.7 Å². The average Bonchev–Trinajstić information content (AvgIpc) is 2.34. The van der Waals surface area contributed by atoms with Gasteiger partial charge in [-0.3, -0.25) is 4.79 Å². The topological polar surface area (TPSA) is 58.6 Å². The molecule has 1 atom stereocenters. The van der Waals surface area contributed by atoms with Crippen molar-refractivity contribution in [1.82, 2.24) is 5.32 Å². The summed E-state index contributed by atoms with van der Waals surface area (Å²) in [6.07, 6.45) is 0. The van der Waals surface area contributed by atoms with Crippen molar-refractivity contribution >= 4 is 21.8 Å². The molecule has 19 heavy (non-hydrogen) atoms. The first-order valence-electron chi connectivity index (χ1n) is 6.18. The van der Waals surface area contributed by atoms with Crippen molar-refractivity contribution in [1.29, 1.82) is 0 Å². The molecule has 5 heteroatoms. The van der Waals surface area contributed by atoms with Crippen molar-refractivity contribution in [2.75, 3.05) is 13.2 Å². The van der Waals surface area contributed by atoms with Crippen molar-refractivity contribution in [2.24, 2.45) is 5.92 Å². The highest BCUT2D eigenvalue weighted by molar-refractivity contribution is 9.10. The molecule has 0 bridgehead atoms. The molecule has 2 N–H and O–H groups in total. The number of nitrogens with one attached hydrogen (secondary N) is 1. The number of carbonyl (C=O) groups is 1. The molecule has 1 unspecified atom stereocenters. The lowest BCUT2D eigenvalue weighted by Crippen LogP contribution is -2.45. The van der Waals surface area contributed by atoms with Gasteiger partial charge in [-0.15, -0.1) is 0 Å². The number of carbonyl (C=O) groups excluding carboxylic acids is 1. The third-order valence-electron chi connectivity index (χ3n) is 3.05. The number of hydrogen-bond acceptors (Lipinski definition) is 3. The summed E-state index contributed by atoms with van der Waals surface area (Å²) in [6, 6.07) is 7.29. The number of rotatable bonds is 6. The summed E-state index contributed by atoms with van der Waals surface area (Å²) < 4.78 is 6.25. The van der Waals surface area contributed by atoms with Gasteiger partial charge in [0.05, 0.1) is 5.60 Å². The second-order valence-electron chi connectivity index (χ2n) is 5.03. The highest BCUT2D eigenvalue weighted by Gasteiger charge is 2.25. The normalized spacial score (nSPS) is 14.0. The Morgan fingerprint density at radius 3 is 2.79 bits per heavy atom. The number of ether oxygens (including phenoxy) is 1. The molecule has 4 nitrogen and oxygen atoms in total. The first-order valence-corrected chi connectivity index (χ1v) is 6.98. The van der Waals surface area contributed by atoms with Gasteiger partial charge in [-0.2, -0.15) is 0 Å². The summed E-state index contributed by atoms with van der Waals surface area (Å²) in [5.74, 6) is 0.444. The molecular weight excluding hydrogens is 310 g/mol. The smallest absolute Gasteiger partial charge is 0.258 e. The van der Waals surface area contributed by atoms with Crippen LogP contribution in [0.15, 0.2) is 28.7 Å². The quantitative estimate of drug-likeness (QED) is 0.842. The molecule has 0 aliphatic carbocycles. The van der Waals surface area contributed by atoms with E-state index in [4.69, 9.17) is 4.74 Å². The highest BCUT2D eigenvalue weighted by Crippen LogP contribution is 2.17. The Morgan fingerprint density at radius 1 is 1.53 bits per heavy atom. The van der Waals surface area contributed by atoms with Crippen LogP contribution in [0.3, 0.4) is 0 Å². The SMILES string of the molecule is CC(C)C(C)(O)CNC(=O)COc1cccc(Br)c1. The lowest BCUT2D eigenvalue weighted by Gasteiger charge is -2.27. The van der Waals surface area contributed by atoms with Gasteiger partial charge in [0.25, 0.3) is 5.91 Å². The minimum absolute atomic E-state index is 0.0649. The van der Waals surface area contributed by atoms with Gasteiger partial charge in [0.2, 0.25) is 0 Å². The summed E-state index contributed by atoms with van der Waals surface area (Å²) >= 11 is 3.33. The molecule has 0 aromatic heterocycles. The molecule has 0 spiro atoms. The van der Waals surface area contributed by atoms with Crippen LogP contribution in [-0.2, 0) is 4.79 Å². The van der Waals surface area contributed by atoms with E-state index in [2.05, 4.69) is 21.2 Å². The Bertz CT molecular complexity index is 432. The van der Waals surface area contributed by atoms with Gasteiger partial charge < -0.3 is 15.2 Å². The number of aliphatic hydroxyl groups is 1. The van der Waals surface area contributed by atoms with Gasteiger partial charge in [-0.05, 0) is 31.0 Å². The summed E-state index contributed by atoms with van der Waals surface area (Å²) in [5, 5.41) is 12.7. The van der Waals surface area contributed by atoms with Crippen LogP contribution >= 0.6 is 15.9 Å². The monoisotopic (exact) mass is 329 g/mol. The number of benzene rings is 1. The van der Waals surface area contributed by atoms with Crippen LogP contribution in [0.5, 0.6) is 5.75 Å². The van der Waals surface area contributed by atoms with Crippen LogP contribution in [0.25, 0.3) is 0 Å². The van der Waals surface area contributed by atoms with E-state index in [9.17, 15) is 9.90 Å². The van der Waals surface area contributed by atoms with Crippen LogP contribution in [0, 0.1) is 5.92 Å². The third-order valence-corrected chi connectivity index (χ3v) is 3.55. The van der Waals surface area contributed by atoms with Gasteiger partial charge >= 0.3 is 0 Å². The first-order chi connectivity index (χ1) is 8.81. The zero-order valence-electron chi connectivity index (χ0n) is 11.4. The number of hydrogen-bond donors (Lipinski definition) is 2. The number of halogens is 1. The largest absolute Gasteiger partial charge is 0.484 e. The predicted octanol–water partition coefficient (Wildman–Crippen LogP) is 2.35. The van der Waals surface area contributed by atoms with Crippen molar-refractivity contribution < 1.29 is 14.6 Å². The first kappa shape index (κ1) is 16.0. The minimum atomic E-state index is -0.911. The second-order valence-corrected chi connectivity index (χ2v) is 5.95. The van der Waals surface area contributed by atoms with Crippen molar-refractivity contribution in [3.63, 3.8) is 0 Å². The summed E-state index contributed by atoms with van der Waals surface area (Å²) in [6.45, 7) is 5.66. The van der Waals surface area contributed by atoms with E-state index in [-0.39, 0.29) is 25.0 Å². The summed E-state index contributed by atoms with van der Waals surface area (Å²) in [4.78, 5) is 11.6. The Kier molecular flexibility index (Phi) is 5.82. The molecule has 0 aliphatic rings. The van der Waals surface area contributed by atoms with Crippen LogP contribution in [0.2, 0.25) is 0 Å². The Morgan fingerprint density at radius 2 is 2.21 bits per heavy atom. The lowest BCUT2D eigenvalue weighted by molar-refractivity contribution is -0.124. The van der Waals surface area contributed by atoms with Crippen LogP contribution in [-0.4, -0.2) is 29.8 Å². The predicted molar refractivity (Wildman–Crippen MR) is 78.1 cm³/mol. The van der Waals surface area contributed by atoms with Crippen LogP contribution in [0.1, 0.15) is 20.8 Å². The van der Waals surface area contributed by atoms with E-state index >= 15 is 0 Å². The lowest BCUT2D eigenvalue weighted by atomic mass is 9.93. The Balaban J connectivity index is 2.36. The fourth-order valence-electron chi connectivity index (χ4n) is 1.24. The fraction of sp³-hybridized carbons (Fsp3) is 0.500. The van der Waals surface area contributed by atoms with Gasteiger partial charge in [0.15, 0.2) is 6.61 Å². The Hall–Kier alpha value is -1.07. The van der Waals surface area contributed by atoms with Gasteiger partial charge in [-0.1, -0.05) is 35.8 Å². The van der Waals surface area contributed by atoms with E-state index in [1.807, 2.05) is 26.0 Å². The molecular formula is C14H20BrNO3. The van der Waals surface area contributed by atoms with Gasteiger partial charge in [0.1, 0.15) is 5.75 Å². The van der Waals surface area contributed by atoms with E-state index < -0.39 is 5.60 Å². The standard InChI is InChI=1S/C14H20BrNO3/c1-10(2)14(3,18)9-16-13(17)8-19-12-6-4-5-11(15)7-12/h4-7,10,18H,8-9H2,1-3H3,(H,16,17). The Labute approximate surface area is 122 Å². The number of amides is 1. The van der Waals surface area contributed by atoms with E-state index in [0.717, 1.165) is 4.47 Å². The molecule has 1 aromatic carbocycles. The average molecular weight is 330 g/mol. The summed E-state index contributed by atoms with van der Waals surface area (Å²) in [5.41, 5.74) is -0.911. The molecule has 1 amide bonds. The third kappa shape index (κ3) is 5.61. The van der Waals surface area contributed by atoms with Crippen LogP contribution < -0.4 is 10.1 Å². The molecule has 0 fully saturated rings. The van der Waals surface area contributed by atoms with Gasteiger partial charge in [0, 0.05) is 11.0 Å². The maximum atomic E-state index is 11.6. The molecule has 1 rings (SSSR count). The highest BCUT2D eigenvalue weighted by atomic mass is 79.9. The van der Waals surface area contributed by atoms with Crippen molar-refractivity contribution in [3.8, 4) is 5.75 Å². The zero-order valence-corrected chi connectivity index (χ0v) is 13.0. The second kappa shape index (κ2) is 6.91. The van der Waals surface area contributed by atoms with E-state index in [0.29, 0.717) is 5.75 Å². The maximum Gasteiger partial charge on any atom is 0.258 e. The van der Waals surface area contributed by atoms with Crippen LogP contribution in [0.4, 0.5) is 0 Å². The van der Waals surface area contributed by atoms with Crippen molar-refractivity contribution in [2.45, 2.75) is 26.4 Å².